The second-order valence-electron chi connectivity index (χ2n) is 10.4. The molecule has 3 fully saturated rings. The average molecular weight is 451 g/mol. The lowest BCUT2D eigenvalue weighted by molar-refractivity contribution is -0.145. The molecule has 0 radical (unpaired) electrons. The summed E-state index contributed by atoms with van der Waals surface area (Å²) in [4.78, 5) is 27.7. The predicted molar refractivity (Wildman–Crippen MR) is 126 cm³/mol. The first-order chi connectivity index (χ1) is 16.0. The summed E-state index contributed by atoms with van der Waals surface area (Å²) in [5, 5.41) is 0. The van der Waals surface area contributed by atoms with Crippen molar-refractivity contribution in [3.8, 4) is 0 Å². The van der Waals surface area contributed by atoms with Crippen LogP contribution in [0.2, 0.25) is 0 Å². The number of aromatic nitrogens is 2. The monoisotopic (exact) mass is 450 g/mol. The van der Waals surface area contributed by atoms with Crippen molar-refractivity contribution < 1.29 is 9.18 Å². The highest BCUT2D eigenvalue weighted by atomic mass is 19.1. The van der Waals surface area contributed by atoms with Gasteiger partial charge >= 0.3 is 0 Å². The molecule has 1 aromatic carbocycles. The molecule has 176 valence electrons. The van der Waals surface area contributed by atoms with E-state index in [9.17, 15) is 9.18 Å². The highest BCUT2D eigenvalue weighted by Gasteiger charge is 2.44. The molecule has 5 rings (SSSR count). The number of halogens is 1. The molecule has 6 heteroatoms. The second kappa shape index (κ2) is 9.49. The fourth-order valence-electron chi connectivity index (χ4n) is 6.05. The number of nitrogens with zero attached hydrogens (tertiary/aromatic N) is 4. The Bertz CT molecular complexity index is 982. The Kier molecular flexibility index (Phi) is 6.46. The first-order valence-corrected chi connectivity index (χ1v) is 12.6. The maximum absolute atomic E-state index is 13.8. The third kappa shape index (κ3) is 4.81. The molecule has 5 nitrogen and oxygen atoms in total. The molecule has 1 aliphatic carbocycles. The van der Waals surface area contributed by atoms with Crippen LogP contribution < -0.4 is 0 Å². The van der Waals surface area contributed by atoms with Crippen LogP contribution in [0.5, 0.6) is 0 Å². The zero-order valence-electron chi connectivity index (χ0n) is 19.7. The molecule has 2 aliphatic heterocycles. The molecule has 0 bridgehead atoms. The normalized spacial score (nSPS) is 23.8. The lowest BCUT2D eigenvalue weighted by Gasteiger charge is -2.43. The Morgan fingerprint density at radius 1 is 1.09 bits per heavy atom. The van der Waals surface area contributed by atoms with Gasteiger partial charge in [-0.3, -0.25) is 14.8 Å². The van der Waals surface area contributed by atoms with Crippen LogP contribution in [0, 0.1) is 11.2 Å². The van der Waals surface area contributed by atoms with Crippen molar-refractivity contribution in [3.63, 3.8) is 0 Å². The number of benzene rings is 1. The number of carbonyl (C=O) groups excluding carboxylic acids is 1. The van der Waals surface area contributed by atoms with Crippen LogP contribution >= 0.6 is 0 Å². The number of carbonyl (C=O) groups is 1. The highest BCUT2D eigenvalue weighted by molar-refractivity contribution is 5.83. The van der Waals surface area contributed by atoms with E-state index in [1.807, 2.05) is 6.07 Å². The van der Waals surface area contributed by atoms with E-state index in [0.29, 0.717) is 6.42 Å². The Morgan fingerprint density at radius 3 is 2.64 bits per heavy atom. The Labute approximate surface area is 196 Å². The molecular formula is C27H35FN4O. The summed E-state index contributed by atoms with van der Waals surface area (Å²) < 4.78 is 13.6. The molecule has 3 heterocycles. The molecule has 2 aromatic rings. The SMILES string of the molecule is CC1(C(=O)N2CCC[C@@H]2c2cncc(Cc3cccc(F)c3)n2)CCN(C2CCCC2)CC1. The molecule has 1 atom stereocenters. The molecule has 33 heavy (non-hydrogen) atoms. The first kappa shape index (κ1) is 22.5. The smallest absolute Gasteiger partial charge is 0.229 e. The summed E-state index contributed by atoms with van der Waals surface area (Å²) in [6.45, 7) is 5.03. The zero-order valence-corrected chi connectivity index (χ0v) is 19.7. The molecule has 0 unspecified atom stereocenters. The quantitative estimate of drug-likeness (QED) is 0.649. The number of rotatable bonds is 5. The van der Waals surface area contributed by atoms with Gasteiger partial charge in [-0.25, -0.2) is 4.39 Å². The molecule has 1 amide bonds. The summed E-state index contributed by atoms with van der Waals surface area (Å²) in [6.07, 6.45) is 13.2. The standard InChI is InChI=1S/C27H35FN4O/c1-27(11-14-31(15-12-27)23-8-2-3-9-23)26(33)32-13-5-10-25(32)24-19-29-18-22(30-24)17-20-6-4-7-21(28)16-20/h4,6-7,16,18-19,23,25H,2-3,5,8-15,17H2,1H3/t25-/m1/s1. The molecule has 0 N–H and O–H groups in total. The summed E-state index contributed by atoms with van der Waals surface area (Å²) in [5.41, 5.74) is 2.27. The topological polar surface area (TPSA) is 49.3 Å². The van der Waals surface area contributed by atoms with Crippen LogP contribution in [0.1, 0.15) is 81.3 Å². The molecule has 1 saturated carbocycles. The lowest BCUT2D eigenvalue weighted by Crippen LogP contribution is -2.50. The van der Waals surface area contributed by atoms with E-state index in [0.717, 1.165) is 68.3 Å². The predicted octanol–water partition coefficient (Wildman–Crippen LogP) is 4.91. The van der Waals surface area contributed by atoms with Gasteiger partial charge in [-0.2, -0.15) is 0 Å². The van der Waals surface area contributed by atoms with Gasteiger partial charge in [0.15, 0.2) is 0 Å². The number of piperidine rings is 1. The zero-order chi connectivity index (χ0) is 22.8. The second-order valence-corrected chi connectivity index (χ2v) is 10.4. The number of hydrogen-bond acceptors (Lipinski definition) is 4. The van der Waals surface area contributed by atoms with Gasteiger partial charge in [0.05, 0.1) is 23.6 Å². The van der Waals surface area contributed by atoms with E-state index in [1.165, 1.54) is 31.7 Å². The number of amides is 1. The van der Waals surface area contributed by atoms with Gasteiger partial charge in [-0.15, -0.1) is 0 Å². The minimum atomic E-state index is -0.287. The van der Waals surface area contributed by atoms with Crippen LogP contribution in [-0.4, -0.2) is 51.4 Å². The van der Waals surface area contributed by atoms with Crippen LogP contribution in [0.15, 0.2) is 36.7 Å². The van der Waals surface area contributed by atoms with Crippen molar-refractivity contribution in [1.29, 1.82) is 0 Å². The summed E-state index contributed by atoms with van der Waals surface area (Å²) >= 11 is 0. The minimum absolute atomic E-state index is 0.0119. The van der Waals surface area contributed by atoms with Crippen molar-refractivity contribution in [2.24, 2.45) is 5.41 Å². The van der Waals surface area contributed by atoms with Crippen molar-refractivity contribution in [2.75, 3.05) is 19.6 Å². The summed E-state index contributed by atoms with van der Waals surface area (Å²) in [7, 11) is 0. The summed E-state index contributed by atoms with van der Waals surface area (Å²) in [5.74, 6) is 0.0461. The third-order valence-corrected chi connectivity index (χ3v) is 8.09. The van der Waals surface area contributed by atoms with Gasteiger partial charge in [0.1, 0.15) is 5.82 Å². The van der Waals surface area contributed by atoms with Gasteiger partial charge in [0.25, 0.3) is 0 Å². The van der Waals surface area contributed by atoms with Crippen molar-refractivity contribution in [2.45, 2.75) is 76.8 Å². The summed E-state index contributed by atoms with van der Waals surface area (Å²) in [6, 6.07) is 7.34. The maximum atomic E-state index is 13.8. The fraction of sp³-hybridized carbons (Fsp3) is 0.593. The van der Waals surface area contributed by atoms with Gasteiger partial charge < -0.3 is 9.80 Å². The van der Waals surface area contributed by atoms with Gasteiger partial charge in [0, 0.05) is 30.6 Å². The van der Waals surface area contributed by atoms with Gasteiger partial charge in [-0.1, -0.05) is 31.9 Å². The van der Waals surface area contributed by atoms with Crippen molar-refractivity contribution in [1.82, 2.24) is 19.8 Å². The maximum Gasteiger partial charge on any atom is 0.229 e. The molecular weight excluding hydrogens is 415 g/mol. The number of hydrogen-bond donors (Lipinski definition) is 0. The van der Waals surface area contributed by atoms with E-state index in [-0.39, 0.29) is 23.2 Å². The van der Waals surface area contributed by atoms with E-state index in [2.05, 4.69) is 21.7 Å². The Hall–Kier alpha value is -2.34. The Morgan fingerprint density at radius 2 is 1.88 bits per heavy atom. The third-order valence-electron chi connectivity index (χ3n) is 8.09. The molecule has 1 aromatic heterocycles. The van der Waals surface area contributed by atoms with Gasteiger partial charge in [0.2, 0.25) is 5.91 Å². The Balaban J connectivity index is 1.27. The average Bonchev–Trinajstić information content (AvgIpc) is 3.52. The van der Waals surface area contributed by atoms with E-state index < -0.39 is 0 Å². The van der Waals surface area contributed by atoms with E-state index >= 15 is 0 Å². The number of likely N-dealkylation sites (tertiary alicyclic amines) is 2. The first-order valence-electron chi connectivity index (χ1n) is 12.6. The van der Waals surface area contributed by atoms with Gasteiger partial charge in [-0.05, 0) is 69.3 Å². The lowest BCUT2D eigenvalue weighted by atomic mass is 9.78. The van der Waals surface area contributed by atoms with E-state index in [1.54, 1.807) is 24.5 Å². The van der Waals surface area contributed by atoms with Crippen molar-refractivity contribution >= 4 is 5.91 Å². The van der Waals surface area contributed by atoms with E-state index in [4.69, 9.17) is 4.98 Å². The minimum Gasteiger partial charge on any atom is -0.334 e. The fourth-order valence-corrected chi connectivity index (χ4v) is 6.05. The molecule has 2 saturated heterocycles. The van der Waals surface area contributed by atoms with Crippen LogP contribution in [0.25, 0.3) is 0 Å². The molecule has 3 aliphatic rings. The largest absolute Gasteiger partial charge is 0.334 e. The van der Waals surface area contributed by atoms with Crippen LogP contribution in [0.4, 0.5) is 4.39 Å². The van der Waals surface area contributed by atoms with Crippen LogP contribution in [0.3, 0.4) is 0 Å². The van der Waals surface area contributed by atoms with Crippen LogP contribution in [-0.2, 0) is 11.2 Å². The highest BCUT2D eigenvalue weighted by Crippen LogP contribution is 2.40. The van der Waals surface area contributed by atoms with Crippen molar-refractivity contribution in [3.05, 3.63) is 59.4 Å². The molecule has 0 spiro atoms.